The Morgan fingerprint density at radius 2 is 1.65 bits per heavy atom. The van der Waals surface area contributed by atoms with Gasteiger partial charge in [-0.2, -0.15) is 0 Å². The minimum Gasteiger partial charge on any atom is -0.300 e. The van der Waals surface area contributed by atoms with Gasteiger partial charge in [0.2, 0.25) is 0 Å². The Kier molecular flexibility index (Phi) is 2.75. The molecule has 2 heteroatoms. The summed E-state index contributed by atoms with van der Waals surface area (Å²) in [6, 6.07) is 9.86. The van der Waals surface area contributed by atoms with Crippen molar-refractivity contribution in [1.82, 2.24) is 0 Å². The van der Waals surface area contributed by atoms with Gasteiger partial charge in [0, 0.05) is 18.3 Å². The van der Waals surface area contributed by atoms with Crippen LogP contribution in [0, 0.1) is 10.8 Å². The first-order chi connectivity index (χ1) is 9.34. The molecule has 2 aliphatic rings. The van der Waals surface area contributed by atoms with Gasteiger partial charge in [-0.3, -0.25) is 9.59 Å². The number of carbonyl (C=O) groups excluding carboxylic acids is 2. The van der Waals surface area contributed by atoms with Crippen LogP contribution in [0.4, 0.5) is 0 Å². The molecule has 0 aliphatic heterocycles. The van der Waals surface area contributed by atoms with Crippen molar-refractivity contribution < 1.29 is 9.59 Å². The molecular formula is C18H20O2. The van der Waals surface area contributed by atoms with E-state index >= 15 is 0 Å². The van der Waals surface area contributed by atoms with Gasteiger partial charge in [-0.1, -0.05) is 56.7 Å². The number of fused-ring (bicyclic) bond motifs is 1. The van der Waals surface area contributed by atoms with Crippen molar-refractivity contribution in [3.63, 3.8) is 0 Å². The van der Waals surface area contributed by atoms with Crippen molar-refractivity contribution in [2.75, 3.05) is 0 Å². The fourth-order valence-electron chi connectivity index (χ4n) is 4.26. The van der Waals surface area contributed by atoms with Crippen LogP contribution in [-0.2, 0) is 9.59 Å². The van der Waals surface area contributed by atoms with E-state index in [4.69, 9.17) is 0 Å². The zero-order valence-corrected chi connectivity index (χ0v) is 12.3. The topological polar surface area (TPSA) is 34.1 Å². The smallest absolute Gasteiger partial charge is 0.164 e. The van der Waals surface area contributed by atoms with Gasteiger partial charge in [-0.25, -0.2) is 0 Å². The average Bonchev–Trinajstić information content (AvgIpc) is 2.61. The highest BCUT2D eigenvalue weighted by Gasteiger charge is 2.55. The molecule has 20 heavy (non-hydrogen) atoms. The van der Waals surface area contributed by atoms with Crippen LogP contribution in [0.3, 0.4) is 0 Å². The van der Waals surface area contributed by atoms with Gasteiger partial charge in [0.05, 0.1) is 5.92 Å². The van der Waals surface area contributed by atoms with Crippen LogP contribution >= 0.6 is 0 Å². The number of allylic oxidation sites excluding steroid dienone is 2. The lowest BCUT2D eigenvalue weighted by Gasteiger charge is -2.45. The number of ketones is 2. The van der Waals surface area contributed by atoms with Gasteiger partial charge >= 0.3 is 0 Å². The number of hydrogen-bond donors (Lipinski definition) is 0. The Balaban J connectivity index is 2.12. The van der Waals surface area contributed by atoms with Crippen LogP contribution in [0.5, 0.6) is 0 Å². The molecule has 3 rings (SSSR count). The first-order valence-corrected chi connectivity index (χ1v) is 7.18. The van der Waals surface area contributed by atoms with Gasteiger partial charge in [-0.15, -0.1) is 0 Å². The second kappa shape index (κ2) is 4.15. The maximum Gasteiger partial charge on any atom is 0.164 e. The number of benzene rings is 1. The standard InChI is InChI=1S/C18H20O2/c1-17(2)10-13(19)11-18(3)15(17)9-14(20)16(18)12-7-5-4-6-8-12/h4-9,16H,10-11H2,1-3H3/t16-,18+/m1/s1. The van der Waals surface area contributed by atoms with E-state index in [1.807, 2.05) is 36.4 Å². The second-order valence-electron chi connectivity index (χ2n) is 7.00. The predicted octanol–water partition coefficient (Wildman–Crippen LogP) is 3.67. The highest BCUT2D eigenvalue weighted by Crippen LogP contribution is 2.59. The summed E-state index contributed by atoms with van der Waals surface area (Å²) < 4.78 is 0. The van der Waals surface area contributed by atoms with Crippen molar-refractivity contribution in [2.45, 2.75) is 39.5 Å². The Hall–Kier alpha value is -1.70. The number of hydrogen-bond acceptors (Lipinski definition) is 2. The molecule has 0 heterocycles. The fraction of sp³-hybridized carbons (Fsp3) is 0.444. The van der Waals surface area contributed by atoms with Crippen LogP contribution < -0.4 is 0 Å². The lowest BCUT2D eigenvalue weighted by molar-refractivity contribution is -0.125. The summed E-state index contributed by atoms with van der Waals surface area (Å²) in [5.41, 5.74) is 1.63. The maximum absolute atomic E-state index is 12.6. The summed E-state index contributed by atoms with van der Waals surface area (Å²) in [5, 5.41) is 0. The largest absolute Gasteiger partial charge is 0.300 e. The van der Waals surface area contributed by atoms with E-state index in [9.17, 15) is 9.59 Å². The first kappa shape index (κ1) is 13.3. The van der Waals surface area contributed by atoms with Crippen LogP contribution in [0.25, 0.3) is 0 Å². The monoisotopic (exact) mass is 268 g/mol. The van der Waals surface area contributed by atoms with Gasteiger partial charge in [0.15, 0.2) is 5.78 Å². The lowest BCUT2D eigenvalue weighted by Crippen LogP contribution is -2.40. The van der Waals surface area contributed by atoms with Crippen molar-refractivity contribution in [2.24, 2.45) is 10.8 Å². The minimum absolute atomic E-state index is 0.150. The molecule has 0 bridgehead atoms. The van der Waals surface area contributed by atoms with Gasteiger partial charge < -0.3 is 0 Å². The Morgan fingerprint density at radius 3 is 2.30 bits per heavy atom. The normalized spacial score (nSPS) is 31.9. The Morgan fingerprint density at radius 1 is 1.00 bits per heavy atom. The molecule has 0 amide bonds. The van der Waals surface area contributed by atoms with Crippen molar-refractivity contribution in [3.05, 3.63) is 47.5 Å². The summed E-state index contributed by atoms with van der Waals surface area (Å²) in [5.74, 6) is 0.212. The number of carbonyl (C=O) groups is 2. The minimum atomic E-state index is -0.350. The van der Waals surface area contributed by atoms with Crippen molar-refractivity contribution in [1.29, 1.82) is 0 Å². The molecule has 0 saturated heterocycles. The summed E-state index contributed by atoms with van der Waals surface area (Å²) in [7, 11) is 0. The highest BCUT2D eigenvalue weighted by atomic mass is 16.1. The van der Waals surface area contributed by atoms with Crippen molar-refractivity contribution >= 4 is 11.6 Å². The van der Waals surface area contributed by atoms with Gasteiger partial charge in [-0.05, 0) is 17.1 Å². The summed E-state index contributed by atoms with van der Waals surface area (Å²) in [6.07, 6.45) is 2.83. The molecule has 0 N–H and O–H groups in total. The predicted molar refractivity (Wildman–Crippen MR) is 78.4 cm³/mol. The van der Waals surface area contributed by atoms with E-state index in [1.54, 1.807) is 0 Å². The first-order valence-electron chi connectivity index (χ1n) is 7.18. The van der Waals surface area contributed by atoms with E-state index in [2.05, 4.69) is 20.8 Å². The molecule has 1 aromatic carbocycles. The summed E-state index contributed by atoms with van der Waals surface area (Å²) in [6.45, 7) is 6.24. The van der Waals surface area contributed by atoms with E-state index in [-0.39, 0.29) is 28.3 Å². The Labute approximate surface area is 119 Å². The SMILES string of the molecule is CC1(C)CC(=O)C[C@@]2(C)C1=CC(=O)[C@H]2c1ccccc1. The molecule has 1 aromatic rings. The van der Waals surface area contributed by atoms with Crippen molar-refractivity contribution in [3.8, 4) is 0 Å². The molecule has 0 aromatic heterocycles. The maximum atomic E-state index is 12.6. The highest BCUT2D eigenvalue weighted by molar-refractivity contribution is 6.02. The number of rotatable bonds is 1. The third kappa shape index (κ3) is 1.78. The van der Waals surface area contributed by atoms with E-state index < -0.39 is 0 Å². The quantitative estimate of drug-likeness (QED) is 0.778. The zero-order chi connectivity index (χ0) is 14.5. The van der Waals surface area contributed by atoms with Crippen LogP contribution in [0.15, 0.2) is 42.0 Å². The van der Waals surface area contributed by atoms with Crippen LogP contribution in [0.1, 0.15) is 45.1 Å². The second-order valence-corrected chi connectivity index (χ2v) is 7.00. The van der Waals surface area contributed by atoms with Crippen LogP contribution in [0.2, 0.25) is 0 Å². The lowest BCUT2D eigenvalue weighted by atomic mass is 9.57. The molecule has 1 fully saturated rings. The fourth-order valence-corrected chi connectivity index (χ4v) is 4.26. The molecule has 0 radical (unpaired) electrons. The molecule has 1 saturated carbocycles. The summed E-state index contributed by atoms with van der Waals surface area (Å²) in [4.78, 5) is 24.7. The molecular weight excluding hydrogens is 248 g/mol. The van der Waals surface area contributed by atoms with E-state index in [1.165, 1.54) is 0 Å². The molecule has 2 atom stereocenters. The van der Waals surface area contributed by atoms with Crippen LogP contribution in [-0.4, -0.2) is 11.6 Å². The summed E-state index contributed by atoms with van der Waals surface area (Å²) >= 11 is 0. The van der Waals surface area contributed by atoms with Gasteiger partial charge in [0.25, 0.3) is 0 Å². The third-order valence-electron chi connectivity index (χ3n) is 4.89. The Bertz CT molecular complexity index is 610. The number of Topliss-reactive ketones (excluding diaryl/α,β-unsaturated/α-hetero) is 1. The third-order valence-corrected chi connectivity index (χ3v) is 4.89. The molecule has 2 aliphatic carbocycles. The zero-order valence-electron chi connectivity index (χ0n) is 12.3. The average molecular weight is 268 g/mol. The van der Waals surface area contributed by atoms with Gasteiger partial charge in [0.1, 0.15) is 5.78 Å². The molecule has 0 unspecified atom stereocenters. The van der Waals surface area contributed by atoms with E-state index in [0.717, 1.165) is 11.1 Å². The molecule has 2 nitrogen and oxygen atoms in total. The molecule has 104 valence electrons. The molecule has 0 spiro atoms. The van der Waals surface area contributed by atoms with E-state index in [0.29, 0.717) is 12.8 Å².